The van der Waals surface area contributed by atoms with Crippen molar-refractivity contribution in [1.29, 1.82) is 0 Å². The molecule has 0 aliphatic rings. The maximum atomic E-state index is 9.40. The summed E-state index contributed by atoms with van der Waals surface area (Å²) in [6.45, 7) is 1.93. The highest BCUT2D eigenvalue weighted by atomic mass is 16.3. The molecule has 0 spiro atoms. The molecule has 17 heavy (non-hydrogen) atoms. The lowest BCUT2D eigenvalue weighted by atomic mass is 10.1. The van der Waals surface area contributed by atoms with E-state index in [0.29, 0.717) is 0 Å². The second-order valence-corrected chi connectivity index (χ2v) is 3.83. The first-order valence-electron chi connectivity index (χ1n) is 5.50. The van der Waals surface area contributed by atoms with Crippen LogP contribution in [0.15, 0.2) is 42.7 Å². The average molecular weight is 229 g/mol. The molecule has 2 rings (SSSR count). The fourth-order valence-corrected chi connectivity index (χ4v) is 1.63. The van der Waals surface area contributed by atoms with E-state index in [1.54, 1.807) is 0 Å². The van der Waals surface area contributed by atoms with E-state index in [0.717, 1.165) is 17.1 Å². The Bertz CT molecular complexity index is 473. The van der Waals surface area contributed by atoms with Gasteiger partial charge >= 0.3 is 0 Å². The number of rotatable bonds is 4. The average Bonchev–Trinajstić information content (AvgIpc) is 2.37. The molecule has 0 bridgehead atoms. The Hall–Kier alpha value is -1.94. The third kappa shape index (κ3) is 3.01. The zero-order valence-electron chi connectivity index (χ0n) is 9.67. The summed E-state index contributed by atoms with van der Waals surface area (Å²) in [7, 11) is 0. The summed E-state index contributed by atoms with van der Waals surface area (Å²) in [5.74, 6) is 0.723. The molecule has 0 aliphatic carbocycles. The Morgan fingerprint density at radius 1 is 1.24 bits per heavy atom. The van der Waals surface area contributed by atoms with Crippen molar-refractivity contribution < 1.29 is 5.11 Å². The molecule has 4 nitrogen and oxygen atoms in total. The fraction of sp³-hybridized carbons (Fsp3) is 0.231. The number of nitrogens with zero attached hydrogens (tertiary/aromatic N) is 2. The van der Waals surface area contributed by atoms with Gasteiger partial charge in [-0.1, -0.05) is 30.3 Å². The van der Waals surface area contributed by atoms with Crippen molar-refractivity contribution in [3.8, 4) is 0 Å². The third-order valence-electron chi connectivity index (χ3n) is 2.51. The van der Waals surface area contributed by atoms with Crippen LogP contribution in [0.1, 0.15) is 17.3 Å². The van der Waals surface area contributed by atoms with Crippen molar-refractivity contribution in [2.75, 3.05) is 11.9 Å². The van der Waals surface area contributed by atoms with Gasteiger partial charge in [0.1, 0.15) is 12.1 Å². The summed E-state index contributed by atoms with van der Waals surface area (Å²) in [6, 6.07) is 11.5. The van der Waals surface area contributed by atoms with Gasteiger partial charge in [-0.05, 0) is 12.5 Å². The number of benzene rings is 1. The van der Waals surface area contributed by atoms with Crippen molar-refractivity contribution in [3.63, 3.8) is 0 Å². The molecule has 0 radical (unpaired) electrons. The normalized spacial score (nSPS) is 12.1. The minimum Gasteiger partial charge on any atom is -0.394 e. The summed E-state index contributed by atoms with van der Waals surface area (Å²) in [6.07, 6.45) is 1.51. The van der Waals surface area contributed by atoms with Gasteiger partial charge in [0, 0.05) is 11.8 Å². The number of hydrogen-bond donors (Lipinski definition) is 2. The summed E-state index contributed by atoms with van der Waals surface area (Å²) < 4.78 is 0. The quantitative estimate of drug-likeness (QED) is 0.841. The Balaban J connectivity index is 2.16. The molecule has 0 aliphatic heterocycles. The van der Waals surface area contributed by atoms with Gasteiger partial charge in [0.25, 0.3) is 0 Å². The van der Waals surface area contributed by atoms with Crippen molar-refractivity contribution in [2.24, 2.45) is 0 Å². The second kappa shape index (κ2) is 5.41. The molecule has 1 aromatic heterocycles. The lowest BCUT2D eigenvalue weighted by Gasteiger charge is -2.17. The van der Waals surface area contributed by atoms with E-state index >= 15 is 0 Å². The highest BCUT2D eigenvalue weighted by molar-refractivity contribution is 5.38. The molecule has 1 unspecified atom stereocenters. The number of aliphatic hydroxyl groups excluding tert-OH is 1. The highest BCUT2D eigenvalue weighted by Crippen LogP contribution is 2.17. The van der Waals surface area contributed by atoms with Gasteiger partial charge in [0.2, 0.25) is 0 Å². The number of nitrogens with one attached hydrogen (secondary N) is 1. The summed E-state index contributed by atoms with van der Waals surface area (Å²) in [5.41, 5.74) is 1.93. The van der Waals surface area contributed by atoms with Crippen LogP contribution >= 0.6 is 0 Å². The first-order chi connectivity index (χ1) is 8.29. The number of hydrogen-bond acceptors (Lipinski definition) is 4. The molecular weight excluding hydrogens is 214 g/mol. The van der Waals surface area contributed by atoms with Crippen molar-refractivity contribution >= 4 is 5.82 Å². The van der Waals surface area contributed by atoms with Gasteiger partial charge in [-0.25, -0.2) is 9.97 Å². The van der Waals surface area contributed by atoms with Crippen molar-refractivity contribution in [3.05, 3.63) is 54.0 Å². The topological polar surface area (TPSA) is 58.0 Å². The molecule has 1 aromatic carbocycles. The van der Waals surface area contributed by atoms with Crippen LogP contribution in [-0.2, 0) is 0 Å². The minimum atomic E-state index is -0.148. The van der Waals surface area contributed by atoms with E-state index in [9.17, 15) is 5.11 Å². The van der Waals surface area contributed by atoms with E-state index in [2.05, 4.69) is 15.3 Å². The predicted molar refractivity (Wildman–Crippen MR) is 66.7 cm³/mol. The number of aliphatic hydroxyl groups is 1. The molecule has 1 atom stereocenters. The van der Waals surface area contributed by atoms with E-state index in [1.807, 2.05) is 43.3 Å². The van der Waals surface area contributed by atoms with Gasteiger partial charge < -0.3 is 10.4 Å². The van der Waals surface area contributed by atoms with E-state index in [-0.39, 0.29) is 12.6 Å². The highest BCUT2D eigenvalue weighted by Gasteiger charge is 2.10. The first-order valence-corrected chi connectivity index (χ1v) is 5.50. The standard InChI is InChI=1S/C13H15N3O/c1-10-7-13(15-9-14-10)16-12(8-17)11-5-3-2-4-6-11/h2-7,9,12,17H,8H2,1H3,(H,14,15,16). The maximum absolute atomic E-state index is 9.40. The zero-order chi connectivity index (χ0) is 12.1. The SMILES string of the molecule is Cc1cc(NC(CO)c2ccccc2)ncn1. The van der Waals surface area contributed by atoms with E-state index in [4.69, 9.17) is 0 Å². The fourth-order valence-electron chi connectivity index (χ4n) is 1.63. The van der Waals surface area contributed by atoms with Crippen LogP contribution < -0.4 is 5.32 Å². The third-order valence-corrected chi connectivity index (χ3v) is 2.51. The number of aryl methyl sites for hydroxylation is 1. The molecule has 0 amide bonds. The van der Waals surface area contributed by atoms with Gasteiger partial charge in [-0.15, -0.1) is 0 Å². The minimum absolute atomic E-state index is 0.0209. The Kier molecular flexibility index (Phi) is 3.67. The van der Waals surface area contributed by atoms with Crippen LogP contribution in [-0.4, -0.2) is 21.7 Å². The summed E-state index contributed by atoms with van der Waals surface area (Å²) >= 11 is 0. The first kappa shape index (κ1) is 11.5. The molecule has 4 heteroatoms. The van der Waals surface area contributed by atoms with Crippen LogP contribution in [0.3, 0.4) is 0 Å². The van der Waals surface area contributed by atoms with Gasteiger partial charge in [-0.2, -0.15) is 0 Å². The Morgan fingerprint density at radius 2 is 2.00 bits per heavy atom. The number of anilines is 1. The van der Waals surface area contributed by atoms with Crippen LogP contribution in [0.25, 0.3) is 0 Å². The van der Waals surface area contributed by atoms with Gasteiger partial charge in [-0.3, -0.25) is 0 Å². The summed E-state index contributed by atoms with van der Waals surface area (Å²) in [4.78, 5) is 8.15. The van der Waals surface area contributed by atoms with Crippen LogP contribution in [0.5, 0.6) is 0 Å². The predicted octanol–water partition coefficient (Wildman–Crippen LogP) is 1.93. The summed E-state index contributed by atoms with van der Waals surface area (Å²) in [5, 5.41) is 12.6. The molecule has 1 heterocycles. The Morgan fingerprint density at radius 3 is 2.65 bits per heavy atom. The second-order valence-electron chi connectivity index (χ2n) is 3.83. The smallest absolute Gasteiger partial charge is 0.130 e. The molecule has 88 valence electrons. The van der Waals surface area contributed by atoms with Gasteiger partial charge in [0.15, 0.2) is 0 Å². The monoisotopic (exact) mass is 229 g/mol. The molecule has 0 fully saturated rings. The molecule has 0 saturated carbocycles. The van der Waals surface area contributed by atoms with E-state index in [1.165, 1.54) is 6.33 Å². The van der Waals surface area contributed by atoms with Crippen molar-refractivity contribution in [2.45, 2.75) is 13.0 Å². The van der Waals surface area contributed by atoms with Gasteiger partial charge in [0.05, 0.1) is 12.6 Å². The number of aromatic nitrogens is 2. The van der Waals surface area contributed by atoms with Crippen LogP contribution in [0, 0.1) is 6.92 Å². The van der Waals surface area contributed by atoms with Crippen molar-refractivity contribution in [1.82, 2.24) is 9.97 Å². The zero-order valence-corrected chi connectivity index (χ0v) is 9.67. The van der Waals surface area contributed by atoms with E-state index < -0.39 is 0 Å². The van der Waals surface area contributed by atoms with Crippen LogP contribution in [0.4, 0.5) is 5.82 Å². The molecule has 0 saturated heterocycles. The maximum Gasteiger partial charge on any atom is 0.130 e. The molecule has 2 aromatic rings. The Labute approximate surface area is 100 Å². The lowest BCUT2D eigenvalue weighted by Crippen LogP contribution is -2.15. The molecular formula is C13H15N3O. The molecule has 2 N–H and O–H groups in total. The van der Waals surface area contributed by atoms with Crippen LogP contribution in [0.2, 0.25) is 0 Å². The largest absolute Gasteiger partial charge is 0.394 e. The lowest BCUT2D eigenvalue weighted by molar-refractivity contribution is 0.276.